The molecule has 0 aliphatic carbocycles. The molecule has 10 heteroatoms. The summed E-state index contributed by atoms with van der Waals surface area (Å²) in [5.41, 5.74) is 0.0328. The highest BCUT2D eigenvalue weighted by Crippen LogP contribution is 2.27. The number of sulfonamides is 1. The Balaban J connectivity index is 2.31. The van der Waals surface area contributed by atoms with Crippen LogP contribution in [-0.2, 0) is 23.6 Å². The van der Waals surface area contributed by atoms with Crippen LogP contribution in [0.3, 0.4) is 0 Å². The van der Waals surface area contributed by atoms with E-state index in [1.807, 2.05) is 0 Å². The summed E-state index contributed by atoms with van der Waals surface area (Å²) in [6, 6.07) is 5.39. The van der Waals surface area contributed by atoms with Gasteiger partial charge in [-0.25, -0.2) is 13.1 Å². The van der Waals surface area contributed by atoms with Crippen molar-refractivity contribution in [2.24, 2.45) is 7.05 Å². The van der Waals surface area contributed by atoms with Gasteiger partial charge in [0.2, 0.25) is 10.0 Å². The molecule has 0 fully saturated rings. The Labute approximate surface area is 129 Å². The SMILES string of the molecule is Cn1ccc(CNS(=O)(=O)c2cc(Br)ccc2[N+](=O)[O-])n1. The Morgan fingerprint density at radius 2 is 2.14 bits per heavy atom. The molecule has 0 amide bonds. The second kappa shape index (κ2) is 5.92. The fraction of sp³-hybridized carbons (Fsp3) is 0.182. The number of nitrogens with zero attached hydrogens (tertiary/aromatic N) is 3. The van der Waals surface area contributed by atoms with Crippen LogP contribution in [0.2, 0.25) is 0 Å². The number of rotatable bonds is 5. The van der Waals surface area contributed by atoms with Crippen LogP contribution in [0.4, 0.5) is 5.69 Å². The number of aryl methyl sites for hydroxylation is 1. The molecule has 0 aliphatic heterocycles. The predicted molar refractivity (Wildman–Crippen MR) is 78.0 cm³/mol. The molecule has 1 heterocycles. The number of aromatic nitrogens is 2. The van der Waals surface area contributed by atoms with Gasteiger partial charge in [-0.1, -0.05) is 15.9 Å². The maximum Gasteiger partial charge on any atom is 0.289 e. The zero-order chi connectivity index (χ0) is 15.6. The van der Waals surface area contributed by atoms with Crippen LogP contribution >= 0.6 is 15.9 Å². The molecule has 0 bridgehead atoms. The molecule has 0 aliphatic rings. The summed E-state index contributed by atoms with van der Waals surface area (Å²) in [6.07, 6.45) is 1.67. The first-order valence-corrected chi connectivity index (χ1v) is 7.99. The van der Waals surface area contributed by atoms with Crippen molar-refractivity contribution in [2.45, 2.75) is 11.4 Å². The number of halogens is 1. The zero-order valence-corrected chi connectivity index (χ0v) is 13.3. The van der Waals surface area contributed by atoms with E-state index in [2.05, 4.69) is 25.8 Å². The molecular weight excluding hydrogens is 364 g/mol. The summed E-state index contributed by atoms with van der Waals surface area (Å²) >= 11 is 3.11. The molecule has 112 valence electrons. The van der Waals surface area contributed by atoms with E-state index in [1.165, 1.54) is 16.8 Å². The minimum atomic E-state index is -4.02. The number of benzene rings is 1. The minimum absolute atomic E-state index is 0.0488. The van der Waals surface area contributed by atoms with Crippen molar-refractivity contribution in [1.29, 1.82) is 0 Å². The normalized spacial score (nSPS) is 11.5. The fourth-order valence-corrected chi connectivity index (χ4v) is 3.36. The van der Waals surface area contributed by atoms with Crippen molar-refractivity contribution >= 4 is 31.6 Å². The summed E-state index contributed by atoms with van der Waals surface area (Å²) in [6.45, 7) is -0.0488. The molecule has 1 N–H and O–H groups in total. The average Bonchev–Trinajstić information content (AvgIpc) is 2.82. The van der Waals surface area contributed by atoms with Crippen LogP contribution in [0.1, 0.15) is 5.69 Å². The van der Waals surface area contributed by atoms with E-state index in [1.54, 1.807) is 19.3 Å². The maximum absolute atomic E-state index is 12.2. The summed E-state index contributed by atoms with van der Waals surface area (Å²) in [5.74, 6) is 0. The van der Waals surface area contributed by atoms with E-state index in [-0.39, 0.29) is 6.54 Å². The van der Waals surface area contributed by atoms with Crippen molar-refractivity contribution in [3.05, 3.63) is 50.7 Å². The summed E-state index contributed by atoms with van der Waals surface area (Å²) in [7, 11) is -2.31. The Morgan fingerprint density at radius 3 is 2.71 bits per heavy atom. The van der Waals surface area contributed by atoms with Crippen LogP contribution in [-0.4, -0.2) is 23.1 Å². The molecule has 0 saturated heterocycles. The van der Waals surface area contributed by atoms with Crippen LogP contribution in [0.5, 0.6) is 0 Å². The highest BCUT2D eigenvalue weighted by molar-refractivity contribution is 9.10. The lowest BCUT2D eigenvalue weighted by Crippen LogP contribution is -2.24. The topological polar surface area (TPSA) is 107 Å². The fourth-order valence-electron chi connectivity index (χ4n) is 1.66. The van der Waals surface area contributed by atoms with Gasteiger partial charge in [-0.2, -0.15) is 5.10 Å². The van der Waals surface area contributed by atoms with Crippen molar-refractivity contribution in [3.8, 4) is 0 Å². The standard InChI is InChI=1S/C11H11BrN4O4S/c1-15-5-4-9(14-15)7-13-21(19,20)11-6-8(12)2-3-10(11)16(17)18/h2-6,13H,7H2,1H3. The Kier molecular flexibility index (Phi) is 4.40. The maximum atomic E-state index is 12.2. The quantitative estimate of drug-likeness (QED) is 0.631. The third-order valence-electron chi connectivity index (χ3n) is 2.62. The lowest BCUT2D eigenvalue weighted by molar-refractivity contribution is -0.387. The predicted octanol–water partition coefficient (Wildman–Crippen LogP) is 1.57. The molecule has 0 atom stereocenters. The number of nitrogens with one attached hydrogen (secondary N) is 1. The minimum Gasteiger partial charge on any atom is -0.276 e. The first-order chi connectivity index (χ1) is 9.79. The van der Waals surface area contributed by atoms with Crippen LogP contribution in [0.15, 0.2) is 39.8 Å². The van der Waals surface area contributed by atoms with Gasteiger partial charge in [0.25, 0.3) is 5.69 Å². The summed E-state index contributed by atoms with van der Waals surface area (Å²) < 4.78 is 28.7. The lowest BCUT2D eigenvalue weighted by Gasteiger charge is -2.06. The van der Waals surface area contributed by atoms with E-state index in [0.29, 0.717) is 10.2 Å². The van der Waals surface area contributed by atoms with Gasteiger partial charge < -0.3 is 0 Å². The molecule has 0 saturated carbocycles. The first-order valence-electron chi connectivity index (χ1n) is 5.72. The van der Waals surface area contributed by atoms with Crippen molar-refractivity contribution < 1.29 is 13.3 Å². The Hall–Kier alpha value is -1.78. The highest BCUT2D eigenvalue weighted by Gasteiger charge is 2.25. The van der Waals surface area contributed by atoms with Crippen LogP contribution in [0.25, 0.3) is 0 Å². The third kappa shape index (κ3) is 3.65. The van der Waals surface area contributed by atoms with Gasteiger partial charge in [0, 0.05) is 23.8 Å². The van der Waals surface area contributed by atoms with Gasteiger partial charge in [0.15, 0.2) is 4.90 Å². The first kappa shape index (κ1) is 15.6. The molecule has 0 spiro atoms. The van der Waals surface area contributed by atoms with Gasteiger partial charge in [0.05, 0.1) is 17.2 Å². The number of hydrogen-bond donors (Lipinski definition) is 1. The van der Waals surface area contributed by atoms with Gasteiger partial charge in [-0.3, -0.25) is 14.8 Å². The largest absolute Gasteiger partial charge is 0.289 e. The van der Waals surface area contributed by atoms with Gasteiger partial charge in [-0.05, 0) is 18.2 Å². The van der Waals surface area contributed by atoms with E-state index in [0.717, 1.165) is 6.07 Å². The van der Waals surface area contributed by atoms with E-state index in [9.17, 15) is 18.5 Å². The van der Waals surface area contributed by atoms with Crippen molar-refractivity contribution in [3.63, 3.8) is 0 Å². The van der Waals surface area contributed by atoms with Gasteiger partial charge in [0.1, 0.15) is 0 Å². The zero-order valence-electron chi connectivity index (χ0n) is 10.9. The van der Waals surface area contributed by atoms with E-state index in [4.69, 9.17) is 0 Å². The average molecular weight is 375 g/mol. The highest BCUT2D eigenvalue weighted by atomic mass is 79.9. The second-order valence-corrected chi connectivity index (χ2v) is 6.83. The molecule has 0 unspecified atom stereocenters. The molecule has 2 aromatic rings. The molecule has 21 heavy (non-hydrogen) atoms. The molecule has 1 aromatic heterocycles. The Morgan fingerprint density at radius 1 is 1.43 bits per heavy atom. The number of nitro groups is 1. The molecule has 0 radical (unpaired) electrons. The monoisotopic (exact) mass is 374 g/mol. The lowest BCUT2D eigenvalue weighted by atomic mass is 10.3. The summed E-state index contributed by atoms with van der Waals surface area (Å²) in [4.78, 5) is 9.81. The third-order valence-corrected chi connectivity index (χ3v) is 4.54. The summed E-state index contributed by atoms with van der Waals surface area (Å²) in [5, 5.41) is 15.0. The van der Waals surface area contributed by atoms with E-state index < -0.39 is 25.5 Å². The number of nitro benzene ring substituents is 1. The smallest absolute Gasteiger partial charge is 0.276 e. The van der Waals surface area contributed by atoms with E-state index >= 15 is 0 Å². The second-order valence-electron chi connectivity index (χ2n) is 4.17. The van der Waals surface area contributed by atoms with Gasteiger partial charge in [-0.15, -0.1) is 0 Å². The molecule has 8 nitrogen and oxygen atoms in total. The van der Waals surface area contributed by atoms with Crippen LogP contribution < -0.4 is 4.72 Å². The molecule has 1 aromatic carbocycles. The number of hydrogen-bond acceptors (Lipinski definition) is 5. The molecule has 2 rings (SSSR count). The van der Waals surface area contributed by atoms with Crippen molar-refractivity contribution in [1.82, 2.24) is 14.5 Å². The Bertz CT molecular complexity index is 787. The van der Waals surface area contributed by atoms with Gasteiger partial charge >= 0.3 is 0 Å². The van der Waals surface area contributed by atoms with Crippen LogP contribution in [0, 0.1) is 10.1 Å². The van der Waals surface area contributed by atoms with Crippen molar-refractivity contribution in [2.75, 3.05) is 0 Å². The molecular formula is C11H11BrN4O4S.